The molecule has 20 heavy (non-hydrogen) atoms. The predicted molar refractivity (Wildman–Crippen MR) is 90.5 cm³/mol. The third kappa shape index (κ3) is 3.27. The van der Waals surface area contributed by atoms with Gasteiger partial charge in [-0.05, 0) is 68.3 Å². The molecular weight excluding hydrogens is 435 g/mol. The molecule has 2 aromatic carbocycles. The summed E-state index contributed by atoms with van der Waals surface area (Å²) in [5, 5.41) is 10.6. The lowest BCUT2D eigenvalue weighted by atomic mass is 10.0. The summed E-state index contributed by atoms with van der Waals surface area (Å²) in [4.78, 5) is 0. The average Bonchev–Trinajstić information content (AvgIpc) is 2.47. The molecule has 0 fully saturated rings. The van der Waals surface area contributed by atoms with Crippen LogP contribution in [0.5, 0.6) is 11.5 Å². The third-order valence-corrected chi connectivity index (χ3v) is 4.32. The second-order valence-corrected chi connectivity index (χ2v) is 6.28. The van der Waals surface area contributed by atoms with E-state index in [1.165, 1.54) is 0 Å². The van der Waals surface area contributed by atoms with Crippen LogP contribution in [0.2, 0.25) is 0 Å². The Morgan fingerprint density at radius 2 is 1.65 bits per heavy atom. The van der Waals surface area contributed by atoms with Gasteiger partial charge in [-0.15, -0.1) is 0 Å². The summed E-state index contributed by atoms with van der Waals surface area (Å²) in [6.45, 7) is 0. The largest absolute Gasteiger partial charge is 0.496 e. The summed E-state index contributed by atoms with van der Waals surface area (Å²) in [5.74, 6) is 1.27. The van der Waals surface area contributed by atoms with Crippen molar-refractivity contribution in [3.8, 4) is 11.5 Å². The lowest BCUT2D eigenvalue weighted by molar-refractivity contribution is 0.214. The van der Waals surface area contributed by atoms with Gasteiger partial charge in [-0.1, -0.05) is 12.1 Å². The van der Waals surface area contributed by atoms with Crippen molar-refractivity contribution in [1.82, 2.24) is 0 Å². The molecule has 1 unspecified atom stereocenters. The van der Waals surface area contributed by atoms with E-state index < -0.39 is 6.10 Å². The van der Waals surface area contributed by atoms with Gasteiger partial charge in [0.25, 0.3) is 0 Å². The second kappa shape index (κ2) is 6.78. The number of ether oxygens (including phenoxy) is 2. The van der Waals surface area contributed by atoms with Gasteiger partial charge >= 0.3 is 0 Å². The van der Waals surface area contributed by atoms with Crippen LogP contribution in [-0.4, -0.2) is 19.3 Å². The number of hydrogen-bond acceptors (Lipinski definition) is 3. The molecule has 3 nitrogen and oxygen atoms in total. The summed E-state index contributed by atoms with van der Waals surface area (Å²) in [7, 11) is 3.17. The van der Waals surface area contributed by atoms with Crippen LogP contribution in [0.25, 0.3) is 0 Å². The molecule has 1 atom stereocenters. The topological polar surface area (TPSA) is 38.7 Å². The molecule has 5 heteroatoms. The molecule has 0 aliphatic heterocycles. The van der Waals surface area contributed by atoms with Crippen LogP contribution in [-0.2, 0) is 0 Å². The first-order valence-electron chi connectivity index (χ1n) is 5.91. The molecule has 106 valence electrons. The molecule has 0 spiro atoms. The van der Waals surface area contributed by atoms with Crippen molar-refractivity contribution in [1.29, 1.82) is 0 Å². The fourth-order valence-electron chi connectivity index (χ4n) is 1.92. The van der Waals surface area contributed by atoms with Gasteiger partial charge in [0.1, 0.15) is 17.6 Å². The number of halogens is 2. The summed E-state index contributed by atoms with van der Waals surface area (Å²) < 4.78 is 12.5. The first kappa shape index (κ1) is 15.6. The highest BCUT2D eigenvalue weighted by atomic mass is 127. The minimum Gasteiger partial charge on any atom is -0.496 e. The summed E-state index contributed by atoms with van der Waals surface area (Å²) in [6, 6.07) is 11.3. The smallest absolute Gasteiger partial charge is 0.133 e. The van der Waals surface area contributed by atoms with Crippen molar-refractivity contribution >= 4 is 38.5 Å². The van der Waals surface area contributed by atoms with Crippen LogP contribution < -0.4 is 9.47 Å². The quantitative estimate of drug-likeness (QED) is 0.714. The maximum Gasteiger partial charge on any atom is 0.133 e. The van der Waals surface area contributed by atoms with E-state index in [0.29, 0.717) is 17.1 Å². The number of methoxy groups -OCH3 is 2. The molecule has 0 heterocycles. The van der Waals surface area contributed by atoms with Crippen LogP contribution in [0.1, 0.15) is 17.2 Å². The van der Waals surface area contributed by atoms with Gasteiger partial charge < -0.3 is 14.6 Å². The highest BCUT2D eigenvalue weighted by Gasteiger charge is 2.18. The van der Waals surface area contributed by atoms with Gasteiger partial charge in [-0.2, -0.15) is 0 Å². The minimum atomic E-state index is -0.760. The summed E-state index contributed by atoms with van der Waals surface area (Å²) in [6.07, 6.45) is -0.760. The number of hydrogen-bond donors (Lipinski definition) is 1. The van der Waals surface area contributed by atoms with Crippen LogP contribution >= 0.6 is 38.5 Å². The Morgan fingerprint density at radius 1 is 1.05 bits per heavy atom. The molecule has 0 saturated heterocycles. The molecule has 0 radical (unpaired) electrons. The van der Waals surface area contributed by atoms with E-state index >= 15 is 0 Å². The zero-order valence-corrected chi connectivity index (χ0v) is 14.8. The molecule has 0 aromatic heterocycles. The van der Waals surface area contributed by atoms with E-state index in [1.54, 1.807) is 26.4 Å². The zero-order chi connectivity index (χ0) is 14.7. The van der Waals surface area contributed by atoms with E-state index in [2.05, 4.69) is 38.5 Å². The molecule has 1 N–H and O–H groups in total. The second-order valence-electron chi connectivity index (χ2n) is 4.18. The first-order valence-corrected chi connectivity index (χ1v) is 7.79. The van der Waals surface area contributed by atoms with Crippen LogP contribution in [0, 0.1) is 3.57 Å². The number of aliphatic hydroxyl groups excluding tert-OH is 1. The van der Waals surface area contributed by atoms with Gasteiger partial charge in [0.2, 0.25) is 0 Å². The lowest BCUT2D eigenvalue weighted by Crippen LogP contribution is -2.03. The Bertz CT molecular complexity index is 599. The molecule has 2 aromatic rings. The Kier molecular flexibility index (Phi) is 5.29. The van der Waals surface area contributed by atoms with E-state index in [-0.39, 0.29) is 0 Å². The van der Waals surface area contributed by atoms with Crippen molar-refractivity contribution in [3.63, 3.8) is 0 Å². The van der Waals surface area contributed by atoms with Crippen molar-refractivity contribution in [2.24, 2.45) is 0 Å². The third-order valence-electron chi connectivity index (χ3n) is 2.98. The van der Waals surface area contributed by atoms with E-state index in [4.69, 9.17) is 9.47 Å². The first-order chi connectivity index (χ1) is 9.56. The van der Waals surface area contributed by atoms with Crippen molar-refractivity contribution in [2.75, 3.05) is 14.2 Å². The Hall–Kier alpha value is -0.790. The van der Waals surface area contributed by atoms with Gasteiger partial charge in [-0.25, -0.2) is 0 Å². The van der Waals surface area contributed by atoms with Crippen molar-refractivity contribution < 1.29 is 14.6 Å². The van der Waals surface area contributed by atoms with Crippen LogP contribution in [0.3, 0.4) is 0 Å². The highest BCUT2D eigenvalue weighted by molar-refractivity contribution is 14.1. The summed E-state index contributed by atoms with van der Waals surface area (Å²) >= 11 is 5.64. The van der Waals surface area contributed by atoms with E-state index in [9.17, 15) is 5.11 Å². The van der Waals surface area contributed by atoms with Gasteiger partial charge in [-0.3, -0.25) is 0 Å². The maximum absolute atomic E-state index is 10.6. The Labute approximate surface area is 140 Å². The molecule has 0 amide bonds. The van der Waals surface area contributed by atoms with E-state index in [0.717, 1.165) is 13.6 Å². The monoisotopic (exact) mass is 448 g/mol. The standard InChI is InChI=1S/C15H14BrIO3/c1-19-13-8-12(16)14(20-2)7-11(13)15(18)9-3-5-10(17)6-4-9/h3-8,15,18H,1-2H3. The Balaban J connectivity index is 2.47. The van der Waals surface area contributed by atoms with Gasteiger partial charge in [0.05, 0.1) is 18.7 Å². The molecule has 0 saturated carbocycles. The van der Waals surface area contributed by atoms with Gasteiger partial charge in [0, 0.05) is 9.13 Å². The van der Waals surface area contributed by atoms with Crippen LogP contribution in [0.15, 0.2) is 40.9 Å². The summed E-state index contributed by atoms with van der Waals surface area (Å²) in [5.41, 5.74) is 1.49. The molecule has 0 bridgehead atoms. The fraction of sp³-hybridized carbons (Fsp3) is 0.200. The molecule has 0 aliphatic carbocycles. The molecule has 2 rings (SSSR count). The number of rotatable bonds is 4. The fourth-order valence-corrected chi connectivity index (χ4v) is 2.77. The van der Waals surface area contributed by atoms with Crippen molar-refractivity contribution in [3.05, 3.63) is 55.6 Å². The number of benzene rings is 2. The molecule has 0 aliphatic rings. The van der Waals surface area contributed by atoms with E-state index in [1.807, 2.05) is 24.3 Å². The maximum atomic E-state index is 10.6. The average molecular weight is 449 g/mol. The molecular formula is C15H14BrIO3. The number of aliphatic hydroxyl groups is 1. The van der Waals surface area contributed by atoms with Gasteiger partial charge in [0.15, 0.2) is 0 Å². The van der Waals surface area contributed by atoms with Crippen molar-refractivity contribution in [2.45, 2.75) is 6.10 Å². The van der Waals surface area contributed by atoms with Crippen LogP contribution in [0.4, 0.5) is 0 Å². The SMILES string of the molecule is COc1cc(C(O)c2ccc(I)cc2)c(OC)cc1Br. The lowest BCUT2D eigenvalue weighted by Gasteiger charge is -2.17. The predicted octanol–water partition coefficient (Wildman–Crippen LogP) is 4.15. The highest BCUT2D eigenvalue weighted by Crippen LogP contribution is 2.37. The Morgan fingerprint density at radius 3 is 2.20 bits per heavy atom. The zero-order valence-electron chi connectivity index (χ0n) is 11.1. The minimum absolute atomic E-state index is 0.615. The normalized spacial score (nSPS) is 12.1.